The Morgan fingerprint density at radius 3 is 2.27 bits per heavy atom. The summed E-state index contributed by atoms with van der Waals surface area (Å²) in [4.78, 5) is 36.7. The van der Waals surface area contributed by atoms with Crippen LogP contribution in [-0.4, -0.2) is 88.1 Å². The van der Waals surface area contributed by atoms with Crippen molar-refractivity contribution in [3.8, 4) is 0 Å². The number of nitrogens with two attached hydrogens (primary N) is 1. The molecule has 44 heavy (non-hydrogen) atoms. The molecular weight excluding hydrogens is 578 g/mol. The maximum absolute atomic E-state index is 13.7. The number of piperazine rings is 1. The van der Waals surface area contributed by atoms with Crippen LogP contribution in [0.3, 0.4) is 0 Å². The average Bonchev–Trinajstić information content (AvgIpc) is 3.06. The molecule has 2 atom stereocenters. The van der Waals surface area contributed by atoms with Crippen molar-refractivity contribution < 1.29 is 18.0 Å². The molecule has 1 saturated heterocycles. The van der Waals surface area contributed by atoms with Gasteiger partial charge in [0, 0.05) is 50.7 Å². The molecule has 3 N–H and O–H groups in total. The minimum absolute atomic E-state index is 0.0488. The van der Waals surface area contributed by atoms with Gasteiger partial charge in [0.1, 0.15) is 12.1 Å². The fraction of sp³-hybridized carbons (Fsp3) is 0.594. The molecule has 1 aromatic carbocycles. The number of hydrogen-bond acceptors (Lipinski definition) is 8. The standard InChI is InChI=1S/C31H40N6O4S.CH5N/c1-2-42(40,41)35-11-9-34(10-12-35)25-7-8-28(32-20-25)36-13-14-37(27-6-4-3-5-26(27)36)30(39)33-29-23-15-22-16-24(29)19-31(17-22,18-23)21-38;1-2/h3-8,20-24,29H,2,9-19H2,1H3,(H,33,39);2H2,1H3. The van der Waals surface area contributed by atoms with Gasteiger partial charge in [-0.15, -0.1) is 0 Å². The number of fused-ring (bicyclic) bond motifs is 1. The van der Waals surface area contributed by atoms with Gasteiger partial charge in [0.15, 0.2) is 0 Å². The zero-order valence-corrected chi connectivity index (χ0v) is 26.6. The second kappa shape index (κ2) is 12.3. The van der Waals surface area contributed by atoms with E-state index >= 15 is 0 Å². The van der Waals surface area contributed by atoms with Crippen LogP contribution in [0.4, 0.5) is 27.7 Å². The highest BCUT2D eigenvalue weighted by atomic mass is 32.2. The van der Waals surface area contributed by atoms with Crippen LogP contribution in [0.1, 0.15) is 39.0 Å². The highest BCUT2D eigenvalue weighted by Gasteiger charge is 2.56. The topological polar surface area (TPSA) is 132 Å². The van der Waals surface area contributed by atoms with Crippen molar-refractivity contribution >= 4 is 45.2 Å². The zero-order chi connectivity index (χ0) is 31.1. The molecule has 8 rings (SSSR count). The fourth-order valence-electron chi connectivity index (χ4n) is 8.63. The number of urea groups is 1. The van der Waals surface area contributed by atoms with Crippen LogP contribution >= 0.6 is 0 Å². The van der Waals surface area contributed by atoms with E-state index in [0.717, 1.165) is 55.0 Å². The summed E-state index contributed by atoms with van der Waals surface area (Å²) in [5.41, 5.74) is 7.14. The number of nitrogens with zero attached hydrogens (tertiary/aromatic N) is 5. The van der Waals surface area contributed by atoms with E-state index in [4.69, 9.17) is 4.98 Å². The summed E-state index contributed by atoms with van der Waals surface area (Å²) >= 11 is 0. The Bertz CT molecular complexity index is 1450. The normalized spacial score (nSPS) is 29.5. The maximum atomic E-state index is 13.7. The third-order valence-corrected chi connectivity index (χ3v) is 12.4. The number of aromatic nitrogens is 1. The van der Waals surface area contributed by atoms with Crippen LogP contribution in [0.5, 0.6) is 0 Å². The predicted molar refractivity (Wildman–Crippen MR) is 173 cm³/mol. The Labute approximate surface area is 260 Å². The number of amides is 2. The molecular formula is C32H45N7O4S. The first-order chi connectivity index (χ1) is 21.3. The van der Waals surface area contributed by atoms with Gasteiger partial charge in [-0.3, -0.25) is 4.90 Å². The number of pyridine rings is 1. The quantitative estimate of drug-likeness (QED) is 0.469. The van der Waals surface area contributed by atoms with Gasteiger partial charge >= 0.3 is 6.03 Å². The monoisotopic (exact) mass is 623 g/mol. The Morgan fingerprint density at radius 1 is 0.977 bits per heavy atom. The molecule has 2 aromatic rings. The summed E-state index contributed by atoms with van der Waals surface area (Å²) in [7, 11) is -1.66. The van der Waals surface area contributed by atoms with Crippen LogP contribution < -0.4 is 25.8 Å². The van der Waals surface area contributed by atoms with Crippen LogP contribution in [0.15, 0.2) is 42.6 Å². The van der Waals surface area contributed by atoms with Gasteiger partial charge in [0.25, 0.3) is 0 Å². The smallest absolute Gasteiger partial charge is 0.322 e. The predicted octanol–water partition coefficient (Wildman–Crippen LogP) is 3.19. The van der Waals surface area contributed by atoms with Crippen molar-refractivity contribution in [2.75, 3.05) is 66.8 Å². The van der Waals surface area contributed by atoms with Crippen LogP contribution in [0.2, 0.25) is 0 Å². The molecule has 0 radical (unpaired) electrons. The number of carbonyl (C=O) groups is 2. The molecule has 4 aliphatic carbocycles. The summed E-state index contributed by atoms with van der Waals surface area (Å²) < 4.78 is 26.0. The molecule has 0 spiro atoms. The highest BCUT2D eigenvalue weighted by molar-refractivity contribution is 7.89. The highest BCUT2D eigenvalue weighted by Crippen LogP contribution is 2.59. The number of rotatable bonds is 6. The van der Waals surface area contributed by atoms with E-state index in [0.29, 0.717) is 57.0 Å². The summed E-state index contributed by atoms with van der Waals surface area (Å²) in [5.74, 6) is 2.36. The van der Waals surface area contributed by atoms with Crippen LogP contribution in [0.25, 0.3) is 0 Å². The largest absolute Gasteiger partial charge is 0.368 e. The summed E-state index contributed by atoms with van der Waals surface area (Å²) in [6.07, 6.45) is 8.18. The first kappa shape index (κ1) is 30.8. The van der Waals surface area contributed by atoms with E-state index in [1.807, 2.05) is 47.5 Å². The van der Waals surface area contributed by atoms with Gasteiger partial charge in [0.05, 0.1) is 29.0 Å². The Balaban J connectivity index is 0.00000168. The molecule has 2 aliphatic heterocycles. The second-order valence-corrected chi connectivity index (χ2v) is 15.1. The summed E-state index contributed by atoms with van der Waals surface area (Å²) in [6, 6.07) is 12.1. The molecule has 2 amide bonds. The zero-order valence-electron chi connectivity index (χ0n) is 25.8. The SMILES string of the molecule is CCS(=O)(=O)N1CCN(c2ccc(N3CCN(C(=O)NC4C5CC6CC4CC(C=O)(C6)C5)c4ccccc43)nc2)CC1.CN. The molecule has 11 nitrogen and oxygen atoms in total. The van der Waals surface area contributed by atoms with Gasteiger partial charge in [-0.05, 0) is 88.1 Å². The van der Waals surface area contributed by atoms with E-state index in [1.165, 1.54) is 13.3 Å². The number of hydrogen-bond donors (Lipinski definition) is 2. The van der Waals surface area contributed by atoms with Gasteiger partial charge in [-0.25, -0.2) is 18.2 Å². The molecule has 6 aliphatic rings. The Kier molecular flexibility index (Phi) is 8.60. The van der Waals surface area contributed by atoms with Crippen LogP contribution in [0, 0.1) is 23.2 Å². The molecule has 5 fully saturated rings. The third-order valence-electron chi connectivity index (χ3n) is 10.5. The number of sulfonamides is 1. The van der Waals surface area contributed by atoms with Crippen molar-refractivity contribution in [3.05, 3.63) is 42.6 Å². The van der Waals surface area contributed by atoms with E-state index < -0.39 is 10.0 Å². The van der Waals surface area contributed by atoms with E-state index in [1.54, 1.807) is 11.2 Å². The first-order valence-corrected chi connectivity index (χ1v) is 17.6. The van der Waals surface area contributed by atoms with Crippen molar-refractivity contribution in [2.45, 2.75) is 45.1 Å². The molecule has 1 aromatic heterocycles. The lowest BCUT2D eigenvalue weighted by Crippen LogP contribution is -2.61. The van der Waals surface area contributed by atoms with E-state index in [9.17, 15) is 18.0 Å². The third kappa shape index (κ3) is 5.56. The molecule has 3 heterocycles. The van der Waals surface area contributed by atoms with E-state index in [-0.39, 0.29) is 23.2 Å². The minimum atomic E-state index is -3.16. The van der Waals surface area contributed by atoms with Crippen molar-refractivity contribution in [2.24, 2.45) is 28.9 Å². The minimum Gasteiger partial charge on any atom is -0.368 e. The summed E-state index contributed by atoms with van der Waals surface area (Å²) in [6.45, 7) is 5.09. The number of carbonyl (C=O) groups excluding carboxylic acids is 2. The van der Waals surface area contributed by atoms with E-state index in [2.05, 4.69) is 20.9 Å². The lowest BCUT2D eigenvalue weighted by molar-refractivity contribution is -0.133. The average molecular weight is 624 g/mol. The maximum Gasteiger partial charge on any atom is 0.322 e. The number of aldehydes is 1. The van der Waals surface area contributed by atoms with Gasteiger partial charge in [-0.2, -0.15) is 4.31 Å². The number of anilines is 4. The number of benzene rings is 1. The van der Waals surface area contributed by atoms with Gasteiger partial charge in [0.2, 0.25) is 10.0 Å². The van der Waals surface area contributed by atoms with Gasteiger partial charge in [-0.1, -0.05) is 12.1 Å². The molecule has 4 saturated carbocycles. The lowest BCUT2D eigenvalue weighted by atomic mass is 9.48. The second-order valence-electron chi connectivity index (χ2n) is 12.9. The summed E-state index contributed by atoms with van der Waals surface area (Å²) in [5, 5.41) is 3.42. The molecule has 12 heteroatoms. The Morgan fingerprint density at radius 2 is 1.66 bits per heavy atom. The number of nitrogens with one attached hydrogen (secondary N) is 1. The molecule has 2 unspecified atom stereocenters. The van der Waals surface area contributed by atoms with Crippen LogP contribution in [-0.2, 0) is 14.8 Å². The van der Waals surface area contributed by atoms with Crippen molar-refractivity contribution in [1.82, 2.24) is 14.6 Å². The molecule has 4 bridgehead atoms. The Hall–Kier alpha value is -3.22. The lowest BCUT2D eigenvalue weighted by Gasteiger charge is -2.58. The van der Waals surface area contributed by atoms with Gasteiger partial charge < -0.3 is 25.6 Å². The molecule has 238 valence electrons. The fourth-order valence-corrected chi connectivity index (χ4v) is 9.71. The number of para-hydroxylation sites is 2. The first-order valence-electron chi connectivity index (χ1n) is 16.0. The van der Waals surface area contributed by atoms with Crippen molar-refractivity contribution in [1.29, 1.82) is 0 Å². The van der Waals surface area contributed by atoms with Crippen molar-refractivity contribution in [3.63, 3.8) is 0 Å².